The smallest absolute Gasteiger partial charge is 0.194 e. The van der Waals surface area contributed by atoms with Gasteiger partial charge < -0.3 is 15.3 Å². The van der Waals surface area contributed by atoms with Crippen LogP contribution in [0.15, 0.2) is 29.3 Å². The molecule has 4 nitrogen and oxygen atoms in total. The predicted molar refractivity (Wildman–Crippen MR) is 98.5 cm³/mol. The second kappa shape index (κ2) is 9.25. The van der Waals surface area contributed by atoms with Crippen molar-refractivity contribution in [2.75, 3.05) is 26.2 Å². The molecule has 1 saturated heterocycles. The maximum atomic E-state index is 9.62. The minimum absolute atomic E-state index is 0. The van der Waals surface area contributed by atoms with E-state index in [1.807, 2.05) is 0 Å². The van der Waals surface area contributed by atoms with Crippen molar-refractivity contribution in [1.82, 2.24) is 10.2 Å². The van der Waals surface area contributed by atoms with Crippen LogP contribution in [0.25, 0.3) is 0 Å². The number of guanidine groups is 1. The van der Waals surface area contributed by atoms with Gasteiger partial charge in [0.2, 0.25) is 0 Å². The topological polar surface area (TPSA) is 47.9 Å². The van der Waals surface area contributed by atoms with Gasteiger partial charge in [0, 0.05) is 26.2 Å². The highest BCUT2D eigenvalue weighted by Crippen LogP contribution is 2.09. The van der Waals surface area contributed by atoms with E-state index in [1.54, 1.807) is 0 Å². The number of rotatable bonds is 4. The standard InChI is InChI=1S/C16H25N3O.HI/c1-3-17-16(19-11-9-15(20)12-19)18-10-8-14-6-4-13(2)5-7-14;/h4-7,15,20H,3,8-12H2,1-2H3,(H,17,18);1H/t15-;/m1./s1. The zero-order valence-corrected chi connectivity index (χ0v) is 15.2. The van der Waals surface area contributed by atoms with Gasteiger partial charge in [0.05, 0.1) is 6.10 Å². The lowest BCUT2D eigenvalue weighted by Gasteiger charge is -2.20. The normalized spacial score (nSPS) is 18.5. The minimum Gasteiger partial charge on any atom is -0.391 e. The number of nitrogens with one attached hydrogen (secondary N) is 1. The van der Waals surface area contributed by atoms with Crippen LogP contribution in [0.2, 0.25) is 0 Å². The number of hydrogen-bond donors (Lipinski definition) is 2. The molecule has 1 heterocycles. The van der Waals surface area contributed by atoms with E-state index in [-0.39, 0.29) is 30.1 Å². The van der Waals surface area contributed by atoms with E-state index in [4.69, 9.17) is 0 Å². The van der Waals surface area contributed by atoms with Crippen molar-refractivity contribution < 1.29 is 5.11 Å². The molecular weight excluding hydrogens is 377 g/mol. The zero-order chi connectivity index (χ0) is 14.4. The number of aliphatic hydroxyl groups excluding tert-OH is 1. The third-order valence-electron chi connectivity index (χ3n) is 3.58. The molecule has 118 valence electrons. The quantitative estimate of drug-likeness (QED) is 0.461. The third-order valence-corrected chi connectivity index (χ3v) is 3.58. The van der Waals surface area contributed by atoms with Crippen LogP contribution < -0.4 is 5.32 Å². The molecule has 1 fully saturated rings. The monoisotopic (exact) mass is 403 g/mol. The van der Waals surface area contributed by atoms with Gasteiger partial charge in [0.1, 0.15) is 0 Å². The second-order valence-corrected chi connectivity index (χ2v) is 5.36. The van der Waals surface area contributed by atoms with Crippen molar-refractivity contribution in [3.63, 3.8) is 0 Å². The molecule has 0 amide bonds. The number of β-amino-alcohol motifs (C(OH)–C–C–N with tert-alkyl or cyclic N) is 1. The van der Waals surface area contributed by atoms with E-state index in [1.165, 1.54) is 11.1 Å². The summed E-state index contributed by atoms with van der Waals surface area (Å²) < 4.78 is 0. The molecule has 1 aliphatic rings. The van der Waals surface area contributed by atoms with Gasteiger partial charge in [0.25, 0.3) is 0 Å². The molecule has 0 radical (unpaired) electrons. The van der Waals surface area contributed by atoms with Gasteiger partial charge in [-0.05, 0) is 32.3 Å². The van der Waals surface area contributed by atoms with Crippen molar-refractivity contribution in [1.29, 1.82) is 0 Å². The van der Waals surface area contributed by atoms with Gasteiger partial charge in [-0.2, -0.15) is 0 Å². The van der Waals surface area contributed by atoms with Crippen LogP contribution >= 0.6 is 24.0 Å². The average molecular weight is 403 g/mol. The van der Waals surface area contributed by atoms with Crippen LogP contribution in [0.5, 0.6) is 0 Å². The number of hydrogen-bond acceptors (Lipinski definition) is 2. The molecule has 21 heavy (non-hydrogen) atoms. The third kappa shape index (κ3) is 5.82. The lowest BCUT2D eigenvalue weighted by Crippen LogP contribution is -2.40. The number of aliphatic imine (C=N–C) groups is 1. The maximum absolute atomic E-state index is 9.62. The Hall–Kier alpha value is -0.820. The largest absolute Gasteiger partial charge is 0.391 e. The van der Waals surface area contributed by atoms with Gasteiger partial charge in [-0.1, -0.05) is 29.8 Å². The van der Waals surface area contributed by atoms with Crippen LogP contribution in [0.1, 0.15) is 24.5 Å². The van der Waals surface area contributed by atoms with Gasteiger partial charge in [-0.25, -0.2) is 0 Å². The summed E-state index contributed by atoms with van der Waals surface area (Å²) >= 11 is 0. The molecule has 1 aliphatic heterocycles. The first-order valence-electron chi connectivity index (χ1n) is 7.46. The van der Waals surface area contributed by atoms with Gasteiger partial charge in [0.15, 0.2) is 5.96 Å². The van der Waals surface area contributed by atoms with E-state index < -0.39 is 0 Å². The molecule has 5 heteroatoms. The van der Waals surface area contributed by atoms with E-state index in [2.05, 4.69) is 53.3 Å². The Bertz CT molecular complexity index is 447. The number of benzene rings is 1. The molecule has 0 aliphatic carbocycles. The first kappa shape index (κ1) is 18.2. The summed E-state index contributed by atoms with van der Waals surface area (Å²) in [7, 11) is 0. The van der Waals surface area contributed by atoms with Gasteiger partial charge >= 0.3 is 0 Å². The molecule has 0 bridgehead atoms. The number of aliphatic hydroxyl groups is 1. The zero-order valence-electron chi connectivity index (χ0n) is 12.9. The summed E-state index contributed by atoms with van der Waals surface area (Å²) in [6, 6.07) is 8.61. The maximum Gasteiger partial charge on any atom is 0.194 e. The second-order valence-electron chi connectivity index (χ2n) is 5.36. The van der Waals surface area contributed by atoms with Crippen molar-refractivity contribution >= 4 is 29.9 Å². The molecular formula is C16H26IN3O. The van der Waals surface area contributed by atoms with Crippen LogP contribution in [-0.2, 0) is 6.42 Å². The molecule has 1 atom stereocenters. The molecule has 1 aromatic carbocycles. The summed E-state index contributed by atoms with van der Waals surface area (Å²) in [6.45, 7) is 7.38. The average Bonchev–Trinajstić information content (AvgIpc) is 2.86. The van der Waals surface area contributed by atoms with Crippen LogP contribution in [-0.4, -0.2) is 48.2 Å². The molecule has 1 aromatic rings. The summed E-state index contributed by atoms with van der Waals surface area (Å²) in [5.74, 6) is 0.927. The summed E-state index contributed by atoms with van der Waals surface area (Å²) in [5, 5.41) is 12.9. The first-order chi connectivity index (χ1) is 9.69. The van der Waals surface area contributed by atoms with Crippen LogP contribution in [0.3, 0.4) is 0 Å². The highest BCUT2D eigenvalue weighted by molar-refractivity contribution is 14.0. The molecule has 0 spiro atoms. The number of halogens is 1. The summed E-state index contributed by atoms with van der Waals surface area (Å²) in [5.41, 5.74) is 2.60. The van der Waals surface area contributed by atoms with Crippen LogP contribution in [0.4, 0.5) is 0 Å². The summed E-state index contributed by atoms with van der Waals surface area (Å²) in [4.78, 5) is 6.81. The fraction of sp³-hybridized carbons (Fsp3) is 0.562. The van der Waals surface area contributed by atoms with Crippen molar-refractivity contribution in [3.8, 4) is 0 Å². The van der Waals surface area contributed by atoms with Gasteiger partial charge in [-0.15, -0.1) is 24.0 Å². The lowest BCUT2D eigenvalue weighted by atomic mass is 10.1. The molecule has 0 aromatic heterocycles. The van der Waals surface area contributed by atoms with Crippen molar-refractivity contribution in [2.45, 2.75) is 32.8 Å². The number of aryl methyl sites for hydroxylation is 1. The summed E-state index contributed by atoms with van der Waals surface area (Å²) in [6.07, 6.45) is 1.57. The van der Waals surface area contributed by atoms with Crippen molar-refractivity contribution in [2.24, 2.45) is 4.99 Å². The predicted octanol–water partition coefficient (Wildman–Crippen LogP) is 2.19. The van der Waals surface area contributed by atoms with E-state index >= 15 is 0 Å². The SMILES string of the molecule is CCNC(=NCCc1ccc(C)cc1)N1CC[C@@H](O)C1.I. The highest BCUT2D eigenvalue weighted by Gasteiger charge is 2.22. The Morgan fingerprint density at radius 2 is 2.10 bits per heavy atom. The van der Waals surface area contributed by atoms with E-state index in [0.29, 0.717) is 6.54 Å². The Kier molecular flexibility index (Phi) is 8.03. The molecule has 2 rings (SSSR count). The van der Waals surface area contributed by atoms with Crippen LogP contribution in [0, 0.1) is 6.92 Å². The Morgan fingerprint density at radius 1 is 1.38 bits per heavy atom. The van der Waals surface area contributed by atoms with E-state index in [9.17, 15) is 5.11 Å². The fourth-order valence-corrected chi connectivity index (χ4v) is 2.41. The van der Waals surface area contributed by atoms with Crippen molar-refractivity contribution in [3.05, 3.63) is 35.4 Å². The number of nitrogens with zero attached hydrogens (tertiary/aromatic N) is 2. The van der Waals surface area contributed by atoms with E-state index in [0.717, 1.165) is 38.4 Å². The molecule has 2 N–H and O–H groups in total. The highest BCUT2D eigenvalue weighted by atomic mass is 127. The minimum atomic E-state index is -0.212. The Labute approximate surface area is 144 Å². The molecule has 0 saturated carbocycles. The Morgan fingerprint density at radius 3 is 2.67 bits per heavy atom. The lowest BCUT2D eigenvalue weighted by molar-refractivity contribution is 0.188. The first-order valence-corrected chi connectivity index (χ1v) is 7.46. The molecule has 0 unspecified atom stereocenters. The van der Waals surface area contributed by atoms with Gasteiger partial charge in [-0.3, -0.25) is 4.99 Å². The fourth-order valence-electron chi connectivity index (χ4n) is 2.41. The Balaban J connectivity index is 0.00000220. The number of likely N-dealkylation sites (tertiary alicyclic amines) is 1.